The van der Waals surface area contributed by atoms with Crippen LogP contribution in [0.1, 0.15) is 21.8 Å². The first-order chi connectivity index (χ1) is 13.3. The molecule has 1 aromatic heterocycles. The van der Waals surface area contributed by atoms with Gasteiger partial charge in [0.1, 0.15) is 23.8 Å². The standard InChI is InChI=1S/C18H11F5N2O3/c1-8-10(7-27-9-5-3-2-4-6-9)16(25-28-8)18(26)24-17-14(22)12(20)11(19)13(21)15(17)23/h2-6H,7H2,1H3,(H,24,26). The zero-order valence-electron chi connectivity index (χ0n) is 14.2. The Morgan fingerprint density at radius 3 is 2.18 bits per heavy atom. The fourth-order valence-electron chi connectivity index (χ4n) is 2.30. The lowest BCUT2D eigenvalue weighted by Crippen LogP contribution is -2.19. The van der Waals surface area contributed by atoms with Crippen LogP contribution in [0.5, 0.6) is 5.75 Å². The minimum absolute atomic E-state index is 0.144. The lowest BCUT2D eigenvalue weighted by atomic mass is 10.2. The average molecular weight is 398 g/mol. The van der Waals surface area contributed by atoms with Gasteiger partial charge in [-0.05, 0) is 19.1 Å². The van der Waals surface area contributed by atoms with Gasteiger partial charge in [-0.3, -0.25) is 4.79 Å². The molecule has 0 aliphatic heterocycles. The van der Waals surface area contributed by atoms with E-state index < -0.39 is 46.4 Å². The molecule has 0 aliphatic rings. The van der Waals surface area contributed by atoms with Gasteiger partial charge in [0.25, 0.3) is 5.91 Å². The van der Waals surface area contributed by atoms with Crippen molar-refractivity contribution in [1.82, 2.24) is 5.16 Å². The Kier molecular flexibility index (Phi) is 5.30. The van der Waals surface area contributed by atoms with Crippen molar-refractivity contribution in [2.45, 2.75) is 13.5 Å². The van der Waals surface area contributed by atoms with E-state index in [0.29, 0.717) is 5.75 Å². The van der Waals surface area contributed by atoms with Gasteiger partial charge in [0.15, 0.2) is 29.0 Å². The van der Waals surface area contributed by atoms with Gasteiger partial charge in [-0.25, -0.2) is 22.0 Å². The van der Waals surface area contributed by atoms with E-state index in [1.165, 1.54) is 6.92 Å². The number of benzene rings is 2. The lowest BCUT2D eigenvalue weighted by molar-refractivity contribution is 0.101. The Morgan fingerprint density at radius 1 is 1.00 bits per heavy atom. The maximum atomic E-state index is 13.7. The average Bonchev–Trinajstić information content (AvgIpc) is 3.07. The van der Waals surface area contributed by atoms with Crippen LogP contribution in [0.4, 0.5) is 27.6 Å². The summed E-state index contributed by atoms with van der Waals surface area (Å²) in [5, 5.41) is 5.11. The molecule has 0 saturated heterocycles. The molecule has 1 amide bonds. The number of hydrogen-bond acceptors (Lipinski definition) is 4. The van der Waals surface area contributed by atoms with Crippen molar-refractivity contribution < 1.29 is 36.0 Å². The SMILES string of the molecule is Cc1onc(C(=O)Nc2c(F)c(F)c(F)c(F)c2F)c1COc1ccccc1. The highest BCUT2D eigenvalue weighted by atomic mass is 19.2. The number of amides is 1. The number of hydrogen-bond donors (Lipinski definition) is 1. The van der Waals surface area contributed by atoms with Crippen molar-refractivity contribution in [3.05, 3.63) is 76.4 Å². The first kappa shape index (κ1) is 19.3. The van der Waals surface area contributed by atoms with Crippen molar-refractivity contribution in [3.8, 4) is 5.75 Å². The second-order valence-corrected chi connectivity index (χ2v) is 5.57. The van der Waals surface area contributed by atoms with Gasteiger partial charge in [-0.2, -0.15) is 0 Å². The van der Waals surface area contributed by atoms with Crippen molar-refractivity contribution in [1.29, 1.82) is 0 Å². The Labute approximate surface area is 154 Å². The quantitative estimate of drug-likeness (QED) is 0.390. The summed E-state index contributed by atoms with van der Waals surface area (Å²) in [6, 6.07) is 8.49. The van der Waals surface area contributed by atoms with Gasteiger partial charge in [-0.1, -0.05) is 23.4 Å². The molecule has 1 N–H and O–H groups in total. The lowest BCUT2D eigenvalue weighted by Gasteiger charge is -2.10. The van der Waals surface area contributed by atoms with Gasteiger partial charge >= 0.3 is 0 Å². The van der Waals surface area contributed by atoms with Crippen LogP contribution in [0.15, 0.2) is 34.9 Å². The summed E-state index contributed by atoms with van der Waals surface area (Å²) in [5.74, 6) is -11.6. The molecular weight excluding hydrogens is 387 g/mol. The largest absolute Gasteiger partial charge is 0.489 e. The van der Waals surface area contributed by atoms with Crippen LogP contribution in [-0.2, 0) is 6.61 Å². The molecule has 10 heteroatoms. The van der Waals surface area contributed by atoms with Crippen LogP contribution in [0.25, 0.3) is 0 Å². The van der Waals surface area contributed by atoms with Gasteiger partial charge in [0.2, 0.25) is 5.82 Å². The Bertz CT molecular complexity index is 1010. The van der Waals surface area contributed by atoms with E-state index in [-0.39, 0.29) is 17.9 Å². The number of nitrogens with one attached hydrogen (secondary N) is 1. The predicted molar refractivity (Wildman–Crippen MR) is 86.2 cm³/mol. The molecule has 0 unspecified atom stereocenters. The number of para-hydroxylation sites is 1. The Hall–Kier alpha value is -3.43. The predicted octanol–water partition coefficient (Wildman–Crippen LogP) is 4.51. The first-order valence-corrected chi connectivity index (χ1v) is 7.77. The first-order valence-electron chi connectivity index (χ1n) is 7.77. The van der Waals surface area contributed by atoms with Crippen LogP contribution in [0.3, 0.4) is 0 Å². The van der Waals surface area contributed by atoms with Crippen molar-refractivity contribution in [3.63, 3.8) is 0 Å². The molecule has 1 heterocycles. The topological polar surface area (TPSA) is 64.4 Å². The maximum absolute atomic E-state index is 13.7. The summed E-state index contributed by atoms with van der Waals surface area (Å²) < 4.78 is 77.5. The molecule has 5 nitrogen and oxygen atoms in total. The van der Waals surface area contributed by atoms with Crippen molar-refractivity contribution in [2.75, 3.05) is 5.32 Å². The van der Waals surface area contributed by atoms with E-state index in [9.17, 15) is 26.7 Å². The molecule has 2 aromatic carbocycles. The number of anilines is 1. The third kappa shape index (κ3) is 3.53. The Balaban J connectivity index is 1.87. The normalized spacial score (nSPS) is 10.8. The molecule has 28 heavy (non-hydrogen) atoms. The summed E-state index contributed by atoms with van der Waals surface area (Å²) in [7, 11) is 0. The number of carbonyl (C=O) groups is 1. The van der Waals surface area contributed by atoms with E-state index >= 15 is 0 Å². The van der Waals surface area contributed by atoms with Gasteiger partial charge < -0.3 is 14.6 Å². The van der Waals surface area contributed by atoms with Crippen LogP contribution < -0.4 is 10.1 Å². The number of carbonyl (C=O) groups excluding carboxylic acids is 1. The number of halogens is 5. The molecule has 0 aliphatic carbocycles. The fraction of sp³-hybridized carbons (Fsp3) is 0.111. The number of rotatable bonds is 5. The molecule has 0 atom stereocenters. The van der Waals surface area contributed by atoms with E-state index in [4.69, 9.17) is 9.26 Å². The number of aryl methyl sites for hydroxylation is 1. The maximum Gasteiger partial charge on any atom is 0.278 e. The Morgan fingerprint density at radius 2 is 1.57 bits per heavy atom. The molecule has 3 aromatic rings. The number of nitrogens with zero attached hydrogens (tertiary/aromatic N) is 1. The van der Waals surface area contributed by atoms with Gasteiger partial charge in [0.05, 0.1) is 5.56 Å². The van der Waals surface area contributed by atoms with Gasteiger partial charge in [0, 0.05) is 0 Å². The second kappa shape index (κ2) is 7.67. The van der Waals surface area contributed by atoms with Crippen LogP contribution in [0.2, 0.25) is 0 Å². The number of ether oxygens (including phenoxy) is 1. The summed E-state index contributed by atoms with van der Waals surface area (Å²) in [6.45, 7) is 1.28. The summed E-state index contributed by atoms with van der Waals surface area (Å²) in [4.78, 5) is 12.3. The third-order valence-electron chi connectivity index (χ3n) is 3.77. The van der Waals surface area contributed by atoms with E-state index in [0.717, 1.165) is 0 Å². The van der Waals surface area contributed by atoms with Crippen LogP contribution >= 0.6 is 0 Å². The zero-order chi connectivity index (χ0) is 20.4. The summed E-state index contributed by atoms with van der Waals surface area (Å²) in [5.41, 5.74) is -1.76. The highest BCUT2D eigenvalue weighted by molar-refractivity contribution is 6.04. The molecule has 0 spiro atoms. The van der Waals surface area contributed by atoms with Crippen molar-refractivity contribution >= 4 is 11.6 Å². The van der Waals surface area contributed by atoms with E-state index in [2.05, 4.69) is 5.16 Å². The van der Waals surface area contributed by atoms with E-state index in [1.807, 2.05) is 0 Å². The zero-order valence-corrected chi connectivity index (χ0v) is 14.2. The smallest absolute Gasteiger partial charge is 0.278 e. The summed E-state index contributed by atoms with van der Waals surface area (Å²) >= 11 is 0. The summed E-state index contributed by atoms with van der Waals surface area (Å²) in [6.07, 6.45) is 0. The molecule has 3 rings (SSSR count). The van der Waals surface area contributed by atoms with Gasteiger partial charge in [-0.15, -0.1) is 0 Å². The molecule has 0 radical (unpaired) electrons. The van der Waals surface area contributed by atoms with Crippen LogP contribution in [0, 0.1) is 36.0 Å². The molecule has 0 saturated carbocycles. The third-order valence-corrected chi connectivity index (χ3v) is 3.77. The molecule has 0 fully saturated rings. The molecular formula is C18H11F5N2O3. The monoisotopic (exact) mass is 398 g/mol. The minimum Gasteiger partial charge on any atom is -0.489 e. The van der Waals surface area contributed by atoms with E-state index in [1.54, 1.807) is 35.6 Å². The minimum atomic E-state index is -2.33. The highest BCUT2D eigenvalue weighted by Gasteiger charge is 2.29. The highest BCUT2D eigenvalue weighted by Crippen LogP contribution is 2.28. The molecule has 146 valence electrons. The number of aromatic nitrogens is 1. The second-order valence-electron chi connectivity index (χ2n) is 5.57. The molecule has 0 bridgehead atoms. The van der Waals surface area contributed by atoms with Crippen LogP contribution in [-0.4, -0.2) is 11.1 Å². The van der Waals surface area contributed by atoms with Crippen molar-refractivity contribution in [2.24, 2.45) is 0 Å². The fourth-order valence-corrected chi connectivity index (χ4v) is 2.30.